The van der Waals surface area contributed by atoms with E-state index in [1.165, 1.54) is 0 Å². The first-order chi connectivity index (χ1) is 20.4. The van der Waals surface area contributed by atoms with E-state index in [1.54, 1.807) is 4.57 Å². The first-order valence-corrected chi connectivity index (χ1v) is 14.4. The van der Waals surface area contributed by atoms with Crippen LogP contribution in [0.5, 0.6) is 0 Å². The molecule has 4 N–H and O–H groups in total. The van der Waals surface area contributed by atoms with Gasteiger partial charge in [0, 0.05) is 37.3 Å². The number of benzene rings is 6. The second-order valence-electron chi connectivity index (χ2n) is 10.4. The Kier molecular flexibility index (Phi) is 6.18. The molecule has 0 aliphatic rings. The van der Waals surface area contributed by atoms with E-state index in [9.17, 15) is 4.79 Å². The van der Waals surface area contributed by atoms with Crippen molar-refractivity contribution < 1.29 is 0 Å². The van der Waals surface area contributed by atoms with E-state index in [-0.39, 0.29) is 5.56 Å². The Morgan fingerprint density at radius 3 is 1.90 bits per heavy atom. The molecule has 7 aromatic rings. The summed E-state index contributed by atoms with van der Waals surface area (Å²) in [6.07, 6.45) is 0. The molecule has 7 rings (SSSR count). The van der Waals surface area contributed by atoms with Gasteiger partial charge in [-0.3, -0.25) is 9.36 Å². The summed E-state index contributed by atoms with van der Waals surface area (Å²) < 4.78 is 2.57. The summed E-state index contributed by atoms with van der Waals surface area (Å²) in [4.78, 5) is 14.4. The fourth-order valence-corrected chi connectivity index (χ4v) is 6.41. The Bertz CT molecular complexity index is 2210. The molecule has 0 aliphatic heterocycles. The normalized spacial score (nSPS) is 11.4. The quantitative estimate of drug-likeness (QED) is 0.198. The number of pyridine rings is 1. The van der Waals surface area contributed by atoms with Crippen LogP contribution in [0.2, 0.25) is 0 Å². The number of rotatable bonds is 4. The van der Waals surface area contributed by atoms with E-state index >= 15 is 0 Å². The minimum atomic E-state index is -0.171. The fraction of sp³-hybridized carbons (Fsp3) is 0. The first kappa shape index (κ1) is 25.8. The van der Waals surface area contributed by atoms with Crippen LogP contribution in [-0.2, 0) is 0 Å². The third-order valence-electron chi connectivity index (χ3n) is 7.94. The van der Waals surface area contributed by atoms with Crippen molar-refractivity contribution in [2.45, 2.75) is 0 Å². The molecule has 5 heteroatoms. The molecule has 0 amide bonds. The smallest absolute Gasteiger partial charge is 0.263 e. The number of anilines is 2. The van der Waals surface area contributed by atoms with Gasteiger partial charge < -0.3 is 11.5 Å². The number of hydrogen-bond acceptors (Lipinski definition) is 3. The van der Waals surface area contributed by atoms with E-state index < -0.39 is 0 Å². The van der Waals surface area contributed by atoms with Gasteiger partial charge in [0.25, 0.3) is 5.56 Å². The summed E-state index contributed by atoms with van der Waals surface area (Å²) in [5, 5.41) is 3.88. The van der Waals surface area contributed by atoms with Crippen molar-refractivity contribution in [3.05, 3.63) is 142 Å². The molecular formula is C37H26BrN3O. The van der Waals surface area contributed by atoms with Crippen molar-refractivity contribution in [2.75, 3.05) is 11.5 Å². The molecule has 0 spiro atoms. The highest BCUT2D eigenvalue weighted by Crippen LogP contribution is 2.39. The third kappa shape index (κ3) is 4.09. The topological polar surface area (TPSA) is 74.0 Å². The molecule has 0 unspecified atom stereocenters. The maximum atomic E-state index is 14.4. The van der Waals surface area contributed by atoms with Gasteiger partial charge in [-0.1, -0.05) is 107 Å². The van der Waals surface area contributed by atoms with Crippen LogP contribution >= 0.6 is 15.9 Å². The van der Waals surface area contributed by atoms with Crippen LogP contribution in [0.25, 0.3) is 67.2 Å². The van der Waals surface area contributed by atoms with Gasteiger partial charge in [-0.15, -0.1) is 0 Å². The van der Waals surface area contributed by atoms with E-state index in [1.807, 2.05) is 103 Å². The zero-order valence-electron chi connectivity index (χ0n) is 22.6. The average Bonchev–Trinajstić information content (AvgIpc) is 3.02. The molecule has 1 aromatic heterocycles. The third-order valence-corrected chi connectivity index (χ3v) is 8.60. The summed E-state index contributed by atoms with van der Waals surface area (Å²) in [5.74, 6) is 0. The van der Waals surface area contributed by atoms with Crippen LogP contribution in [0.15, 0.2) is 131 Å². The molecule has 202 valence electrons. The highest BCUT2D eigenvalue weighted by molar-refractivity contribution is 9.10. The number of hydrogen-bond donors (Lipinski definition) is 2. The Hall–Kier alpha value is -5.13. The maximum absolute atomic E-state index is 14.4. The summed E-state index contributed by atoms with van der Waals surface area (Å²) in [7, 11) is 0. The van der Waals surface area contributed by atoms with Gasteiger partial charge in [-0.2, -0.15) is 0 Å². The Morgan fingerprint density at radius 1 is 0.595 bits per heavy atom. The van der Waals surface area contributed by atoms with Crippen molar-refractivity contribution in [3.63, 3.8) is 0 Å². The molecule has 0 atom stereocenters. The summed E-state index contributed by atoms with van der Waals surface area (Å²) in [6.45, 7) is 4.45. The number of nitrogens with two attached hydrogens (primary N) is 2. The predicted octanol–water partition coefficient (Wildman–Crippen LogP) is 8.20. The van der Waals surface area contributed by atoms with Gasteiger partial charge in [0.05, 0.1) is 16.7 Å². The molecule has 0 saturated carbocycles. The lowest BCUT2D eigenvalue weighted by molar-refractivity contribution is 0.983. The molecule has 0 bridgehead atoms. The standard InChI is InChI=1S/C37H26BrN3O/c1-22-28-18-19-32(38)35-29(25-12-14-27(39)15-13-25)16-17-30(34(28)35)37(42)41(22)33-21-26(23-8-4-2-5-9-23)20-31(36(33)40)24-10-6-3-7-11-24/h2-21H,1,39-40H2. The summed E-state index contributed by atoms with van der Waals surface area (Å²) in [5.41, 5.74) is 20.4. The Balaban J connectivity index is 1.57. The second-order valence-corrected chi connectivity index (χ2v) is 11.3. The van der Waals surface area contributed by atoms with Crippen LogP contribution in [0.4, 0.5) is 11.4 Å². The monoisotopic (exact) mass is 607 g/mol. The van der Waals surface area contributed by atoms with Crippen LogP contribution in [0.1, 0.15) is 0 Å². The van der Waals surface area contributed by atoms with Crippen LogP contribution in [0, 0.1) is 0 Å². The van der Waals surface area contributed by atoms with Crippen molar-refractivity contribution in [1.82, 2.24) is 4.57 Å². The van der Waals surface area contributed by atoms with Crippen LogP contribution in [0.3, 0.4) is 0 Å². The minimum absolute atomic E-state index is 0.171. The van der Waals surface area contributed by atoms with Gasteiger partial charge in [-0.05, 0) is 64.2 Å². The summed E-state index contributed by atoms with van der Waals surface area (Å²) in [6, 6.07) is 39.9. The predicted molar refractivity (Wildman–Crippen MR) is 181 cm³/mol. The lowest BCUT2D eigenvalue weighted by Gasteiger charge is -2.20. The molecule has 0 radical (unpaired) electrons. The highest BCUT2D eigenvalue weighted by Gasteiger charge is 2.20. The van der Waals surface area contributed by atoms with Gasteiger partial charge in [0.1, 0.15) is 0 Å². The number of halogens is 1. The number of nitrogens with zero attached hydrogens (tertiary/aromatic N) is 1. The van der Waals surface area contributed by atoms with E-state index in [2.05, 4.69) is 40.7 Å². The van der Waals surface area contributed by atoms with Crippen molar-refractivity contribution in [3.8, 4) is 39.1 Å². The van der Waals surface area contributed by atoms with Gasteiger partial charge in [0.2, 0.25) is 0 Å². The van der Waals surface area contributed by atoms with E-state index in [0.717, 1.165) is 54.0 Å². The van der Waals surface area contributed by atoms with Gasteiger partial charge in [-0.25, -0.2) is 0 Å². The maximum Gasteiger partial charge on any atom is 0.263 e. The molecule has 6 aromatic carbocycles. The van der Waals surface area contributed by atoms with Crippen molar-refractivity contribution in [1.29, 1.82) is 0 Å². The highest BCUT2D eigenvalue weighted by atomic mass is 79.9. The molecule has 1 heterocycles. The Morgan fingerprint density at radius 2 is 1.21 bits per heavy atom. The van der Waals surface area contributed by atoms with Crippen LogP contribution < -0.4 is 22.4 Å². The van der Waals surface area contributed by atoms with E-state index in [4.69, 9.17) is 11.5 Å². The molecule has 4 nitrogen and oxygen atoms in total. The second kappa shape index (κ2) is 10.1. The fourth-order valence-electron chi connectivity index (χ4n) is 5.87. The molecule has 0 aliphatic carbocycles. The average molecular weight is 609 g/mol. The van der Waals surface area contributed by atoms with Gasteiger partial charge in [0.15, 0.2) is 0 Å². The first-order valence-electron chi connectivity index (χ1n) is 13.6. The number of nitrogen functional groups attached to an aromatic ring is 2. The molecule has 0 fully saturated rings. The largest absolute Gasteiger partial charge is 0.399 e. The lowest BCUT2D eigenvalue weighted by Crippen LogP contribution is -2.32. The molecule has 42 heavy (non-hydrogen) atoms. The minimum Gasteiger partial charge on any atom is -0.399 e. The van der Waals surface area contributed by atoms with Crippen molar-refractivity contribution in [2.24, 2.45) is 0 Å². The van der Waals surface area contributed by atoms with Crippen LogP contribution in [-0.4, -0.2) is 4.57 Å². The lowest BCUT2D eigenvalue weighted by atomic mass is 9.93. The Labute approximate surface area is 251 Å². The SMILES string of the molecule is C=c1c2ccc(Br)c3c(-c4ccc(N)cc4)ccc(c(=O)n1-c1cc(-c4ccccc4)cc(-c4ccccc4)c1N)c32. The molecular weight excluding hydrogens is 582 g/mol. The molecule has 0 saturated heterocycles. The zero-order valence-corrected chi connectivity index (χ0v) is 24.2. The summed E-state index contributed by atoms with van der Waals surface area (Å²) >= 11 is 3.76. The zero-order chi connectivity index (χ0) is 29.0. The number of aromatic nitrogens is 1. The van der Waals surface area contributed by atoms with Gasteiger partial charge >= 0.3 is 0 Å². The van der Waals surface area contributed by atoms with E-state index in [0.29, 0.717) is 27.8 Å². The van der Waals surface area contributed by atoms with Crippen molar-refractivity contribution >= 4 is 55.4 Å².